The summed E-state index contributed by atoms with van der Waals surface area (Å²) in [6.45, 7) is 5.65. The van der Waals surface area contributed by atoms with E-state index < -0.39 is 41.3 Å². The van der Waals surface area contributed by atoms with Crippen LogP contribution in [0.5, 0.6) is 0 Å². The second-order valence-electron chi connectivity index (χ2n) is 8.35. The first-order chi connectivity index (χ1) is 14.0. The number of aromatic nitrogens is 1. The van der Waals surface area contributed by atoms with Crippen molar-refractivity contribution in [1.29, 1.82) is 5.26 Å². The fourth-order valence-corrected chi connectivity index (χ4v) is 3.51. The van der Waals surface area contributed by atoms with Gasteiger partial charge in [-0.25, -0.2) is 8.78 Å². The van der Waals surface area contributed by atoms with Crippen LogP contribution in [-0.4, -0.2) is 58.1 Å². The van der Waals surface area contributed by atoms with E-state index in [1.165, 1.54) is 18.0 Å². The lowest BCUT2D eigenvalue weighted by Gasteiger charge is -2.35. The largest absolute Gasteiger partial charge is 0.350 e. The normalized spacial score (nSPS) is 17.8. The van der Waals surface area contributed by atoms with E-state index in [-0.39, 0.29) is 16.6 Å². The summed E-state index contributed by atoms with van der Waals surface area (Å²) in [7, 11) is 1.40. The molecule has 1 aliphatic rings. The Balaban J connectivity index is 1.93. The molecule has 9 heteroatoms. The Morgan fingerprint density at radius 1 is 1.33 bits per heavy atom. The molecule has 7 nitrogen and oxygen atoms in total. The molecule has 1 N–H and O–H groups in total. The predicted octanol–water partition coefficient (Wildman–Crippen LogP) is 3.17. The monoisotopic (exact) mass is 418 g/mol. The van der Waals surface area contributed by atoms with Crippen molar-refractivity contribution in [3.63, 3.8) is 0 Å². The lowest BCUT2D eigenvalue weighted by atomic mass is 10.2. The molecule has 1 fully saturated rings. The van der Waals surface area contributed by atoms with E-state index in [4.69, 9.17) is 4.74 Å². The molecule has 30 heavy (non-hydrogen) atoms. The number of nitrogens with zero attached hydrogens (tertiary/aromatic N) is 3. The number of nitrogens with one attached hydrogen (secondary N) is 1. The van der Waals surface area contributed by atoms with E-state index in [2.05, 4.69) is 11.1 Å². The van der Waals surface area contributed by atoms with Gasteiger partial charge in [0.05, 0.1) is 17.2 Å². The third kappa shape index (κ3) is 4.28. The second kappa shape index (κ2) is 8.03. The number of rotatable bonds is 4. The lowest BCUT2D eigenvalue weighted by Crippen LogP contribution is -2.54. The van der Waals surface area contributed by atoms with Crippen LogP contribution in [0.3, 0.4) is 0 Å². The summed E-state index contributed by atoms with van der Waals surface area (Å²) < 4.78 is 33.4. The SMILES string of the molecule is CN(C(=O)c1cc2c(F)cc(F)cc2[nH]1)C(OC(C)(C)C)C(=O)N1CCCC1C#N. The number of nitriles is 1. The Labute approximate surface area is 173 Å². The fourth-order valence-electron chi connectivity index (χ4n) is 3.51. The summed E-state index contributed by atoms with van der Waals surface area (Å²) in [6.07, 6.45) is -0.0226. The van der Waals surface area contributed by atoms with Gasteiger partial charge in [0.1, 0.15) is 23.4 Å². The third-order valence-electron chi connectivity index (χ3n) is 4.92. The number of amides is 2. The first-order valence-corrected chi connectivity index (χ1v) is 9.64. The number of carbonyl (C=O) groups excluding carboxylic acids is 2. The standard InChI is InChI=1S/C21H24F2N4O3/c1-21(2,3)30-20(19(29)27-7-5-6-13(27)11-24)26(4)18(28)17-10-14-15(23)8-12(22)9-16(14)25-17/h8-10,13,20,25H,5-7H2,1-4H3. The summed E-state index contributed by atoms with van der Waals surface area (Å²) in [5.41, 5.74) is -0.634. The minimum absolute atomic E-state index is 0.00874. The van der Waals surface area contributed by atoms with Gasteiger partial charge in [-0.15, -0.1) is 0 Å². The van der Waals surface area contributed by atoms with E-state index in [1.54, 1.807) is 20.8 Å². The molecule has 3 rings (SSSR count). The Hall–Kier alpha value is -2.99. The van der Waals surface area contributed by atoms with Crippen LogP contribution in [-0.2, 0) is 9.53 Å². The average molecular weight is 418 g/mol. The number of aromatic amines is 1. The molecule has 2 atom stereocenters. The highest BCUT2D eigenvalue weighted by atomic mass is 19.1. The molecular weight excluding hydrogens is 394 g/mol. The van der Waals surface area contributed by atoms with Crippen molar-refractivity contribution in [2.24, 2.45) is 0 Å². The van der Waals surface area contributed by atoms with Crippen LogP contribution in [0.2, 0.25) is 0 Å². The molecule has 0 radical (unpaired) electrons. The topological polar surface area (TPSA) is 89.4 Å². The molecule has 2 unspecified atom stereocenters. The van der Waals surface area contributed by atoms with Gasteiger partial charge in [0.2, 0.25) is 6.23 Å². The number of H-pyrrole nitrogens is 1. The van der Waals surface area contributed by atoms with Gasteiger partial charge in [0, 0.05) is 25.0 Å². The summed E-state index contributed by atoms with van der Waals surface area (Å²) in [5.74, 6) is -2.68. The Bertz CT molecular complexity index is 1020. The molecule has 1 saturated heterocycles. The third-order valence-corrected chi connectivity index (χ3v) is 4.92. The van der Waals surface area contributed by atoms with Crippen molar-refractivity contribution in [3.05, 3.63) is 35.5 Å². The molecule has 1 aromatic carbocycles. The fraction of sp³-hybridized carbons (Fsp3) is 0.476. The molecule has 2 amide bonds. The average Bonchev–Trinajstić information content (AvgIpc) is 3.30. The van der Waals surface area contributed by atoms with Crippen molar-refractivity contribution in [3.8, 4) is 6.07 Å². The summed E-state index contributed by atoms with van der Waals surface area (Å²) >= 11 is 0. The van der Waals surface area contributed by atoms with Crippen LogP contribution in [0.4, 0.5) is 8.78 Å². The van der Waals surface area contributed by atoms with Gasteiger partial charge in [0.25, 0.3) is 11.8 Å². The maximum Gasteiger partial charge on any atom is 0.273 e. The highest BCUT2D eigenvalue weighted by Crippen LogP contribution is 2.25. The number of fused-ring (bicyclic) bond motifs is 1. The molecule has 2 aromatic rings. The van der Waals surface area contributed by atoms with Gasteiger partial charge in [-0.3, -0.25) is 9.59 Å². The molecule has 0 saturated carbocycles. The summed E-state index contributed by atoms with van der Waals surface area (Å²) in [5, 5.41) is 9.38. The molecule has 160 valence electrons. The van der Waals surface area contributed by atoms with Crippen LogP contribution in [0.25, 0.3) is 10.9 Å². The van der Waals surface area contributed by atoms with Gasteiger partial charge in [-0.2, -0.15) is 5.26 Å². The first kappa shape index (κ1) is 21.7. The van der Waals surface area contributed by atoms with E-state index >= 15 is 0 Å². The molecule has 1 aliphatic heterocycles. The molecule has 2 heterocycles. The smallest absolute Gasteiger partial charge is 0.273 e. The zero-order valence-electron chi connectivity index (χ0n) is 17.3. The van der Waals surface area contributed by atoms with Crippen LogP contribution < -0.4 is 0 Å². The maximum atomic E-state index is 14.0. The number of likely N-dealkylation sites (N-methyl/N-ethyl adjacent to an activating group) is 1. The minimum atomic E-state index is -1.28. The van der Waals surface area contributed by atoms with Gasteiger partial charge in [0.15, 0.2) is 0 Å². The summed E-state index contributed by atoms with van der Waals surface area (Å²) in [6, 6.07) is 4.63. The molecule has 1 aromatic heterocycles. The summed E-state index contributed by atoms with van der Waals surface area (Å²) in [4.78, 5) is 31.5. The van der Waals surface area contributed by atoms with Crippen LogP contribution in [0, 0.1) is 23.0 Å². The van der Waals surface area contributed by atoms with Gasteiger partial charge < -0.3 is 19.5 Å². The van der Waals surface area contributed by atoms with Gasteiger partial charge in [-0.05, 0) is 45.7 Å². The quantitative estimate of drug-likeness (QED) is 0.773. The number of halogens is 2. The number of hydrogen-bond donors (Lipinski definition) is 1. The highest BCUT2D eigenvalue weighted by Gasteiger charge is 2.39. The number of hydrogen-bond acceptors (Lipinski definition) is 4. The van der Waals surface area contributed by atoms with Gasteiger partial charge in [-0.1, -0.05) is 0 Å². The zero-order chi connectivity index (χ0) is 22.2. The van der Waals surface area contributed by atoms with Crippen molar-refractivity contribution in [2.45, 2.75) is 51.5 Å². The van der Waals surface area contributed by atoms with E-state index in [0.29, 0.717) is 19.4 Å². The maximum absolute atomic E-state index is 14.0. The Kier molecular flexibility index (Phi) is 5.81. The second-order valence-corrected chi connectivity index (χ2v) is 8.35. The van der Waals surface area contributed by atoms with E-state index in [0.717, 1.165) is 17.0 Å². The molecule has 0 bridgehead atoms. The molecule has 0 spiro atoms. The van der Waals surface area contributed by atoms with E-state index in [9.17, 15) is 23.6 Å². The predicted molar refractivity (Wildman–Crippen MR) is 105 cm³/mol. The Morgan fingerprint density at radius 2 is 2.03 bits per heavy atom. The number of likely N-dealkylation sites (tertiary alicyclic amines) is 1. The van der Waals surface area contributed by atoms with Crippen molar-refractivity contribution < 1.29 is 23.1 Å². The van der Waals surface area contributed by atoms with Crippen LogP contribution >= 0.6 is 0 Å². The first-order valence-electron chi connectivity index (χ1n) is 9.64. The van der Waals surface area contributed by atoms with Crippen molar-refractivity contribution in [1.82, 2.24) is 14.8 Å². The molecule has 0 aliphatic carbocycles. The number of carbonyl (C=O) groups is 2. The highest BCUT2D eigenvalue weighted by molar-refractivity contribution is 6.00. The number of benzene rings is 1. The Morgan fingerprint density at radius 3 is 2.67 bits per heavy atom. The van der Waals surface area contributed by atoms with Crippen LogP contribution in [0.1, 0.15) is 44.1 Å². The van der Waals surface area contributed by atoms with Gasteiger partial charge >= 0.3 is 0 Å². The lowest BCUT2D eigenvalue weighted by molar-refractivity contribution is -0.168. The van der Waals surface area contributed by atoms with Crippen molar-refractivity contribution in [2.75, 3.05) is 13.6 Å². The van der Waals surface area contributed by atoms with E-state index in [1.807, 2.05) is 0 Å². The molecular formula is C21H24F2N4O3. The van der Waals surface area contributed by atoms with Crippen LogP contribution in [0.15, 0.2) is 18.2 Å². The van der Waals surface area contributed by atoms with Crippen molar-refractivity contribution >= 4 is 22.7 Å². The minimum Gasteiger partial charge on any atom is -0.350 e. The zero-order valence-corrected chi connectivity index (χ0v) is 17.3. The number of ether oxygens (including phenoxy) is 1.